The third-order valence-electron chi connectivity index (χ3n) is 4.46. The van der Waals surface area contributed by atoms with E-state index in [1.807, 2.05) is 0 Å². The second kappa shape index (κ2) is 10.0. The van der Waals surface area contributed by atoms with Crippen molar-refractivity contribution in [2.24, 2.45) is 10.4 Å². The lowest BCUT2D eigenvalue weighted by Crippen LogP contribution is -2.47. The molecule has 180 valence electrons. The Morgan fingerprint density at radius 2 is 1.88 bits per heavy atom. The number of ketones is 1. The zero-order chi connectivity index (χ0) is 25.1. The van der Waals surface area contributed by atoms with E-state index in [-0.39, 0.29) is 34.4 Å². The highest BCUT2D eigenvalue weighted by atomic mass is 32.1. The number of furan rings is 1. The van der Waals surface area contributed by atoms with E-state index in [0.717, 1.165) is 16.0 Å². The van der Waals surface area contributed by atoms with Crippen molar-refractivity contribution in [2.75, 3.05) is 25.4 Å². The van der Waals surface area contributed by atoms with Crippen LogP contribution in [-0.4, -0.2) is 54.2 Å². The molecular weight excluding hydrogens is 467 g/mol. The number of anilines is 1. The first-order valence-electron chi connectivity index (χ1n) is 10.2. The predicted molar refractivity (Wildman–Crippen MR) is 127 cm³/mol. The van der Waals surface area contributed by atoms with Gasteiger partial charge in [0, 0.05) is 25.6 Å². The van der Waals surface area contributed by atoms with E-state index in [2.05, 4.69) is 9.98 Å². The van der Waals surface area contributed by atoms with Crippen molar-refractivity contribution in [3.8, 4) is 11.5 Å². The fraction of sp³-hybridized carbons (Fsp3) is 0.524. The zero-order valence-corrected chi connectivity index (χ0v) is 21.7. The van der Waals surface area contributed by atoms with Gasteiger partial charge in [-0.15, -0.1) is 0 Å². The molecule has 2 aromatic heterocycles. The molecule has 10 nitrogen and oxygen atoms in total. The van der Waals surface area contributed by atoms with Gasteiger partial charge in [0.15, 0.2) is 11.5 Å². The van der Waals surface area contributed by atoms with E-state index in [1.54, 1.807) is 53.0 Å². The quantitative estimate of drug-likeness (QED) is 0.154. The topological polar surface area (TPSA) is 122 Å². The van der Waals surface area contributed by atoms with E-state index in [1.165, 1.54) is 26.2 Å². The van der Waals surface area contributed by atoms with E-state index in [0.29, 0.717) is 5.13 Å². The summed E-state index contributed by atoms with van der Waals surface area (Å²) in [6.45, 7) is 9.91. The molecule has 0 unspecified atom stereocenters. The molecule has 0 aromatic carbocycles. The maximum Gasteiger partial charge on any atom is 0.428 e. The zero-order valence-electron chi connectivity index (χ0n) is 20.0. The maximum absolute atomic E-state index is 13.2. The Hall–Kier alpha value is -2.78. The lowest BCUT2D eigenvalue weighted by atomic mass is 9.89. The second-order valence-corrected chi connectivity index (χ2v) is 10.8. The molecule has 2 rings (SSSR count). The number of Topliss-reactive ketones (excluding diaryl/α,β-unsaturated/α-hetero) is 1. The van der Waals surface area contributed by atoms with Crippen LogP contribution in [0.4, 0.5) is 10.8 Å². The first-order valence-corrected chi connectivity index (χ1v) is 12.1. The van der Waals surface area contributed by atoms with Gasteiger partial charge in [-0.05, 0) is 20.8 Å². The van der Waals surface area contributed by atoms with Crippen molar-refractivity contribution >= 4 is 48.1 Å². The van der Waals surface area contributed by atoms with Crippen LogP contribution in [0.1, 0.15) is 51.2 Å². The normalized spacial score (nSPS) is 12.1. The number of aliphatic imine (C=N–C) groups is 1. The van der Waals surface area contributed by atoms with Crippen LogP contribution >= 0.6 is 19.2 Å². The van der Waals surface area contributed by atoms with Gasteiger partial charge in [0.05, 0.1) is 24.9 Å². The van der Waals surface area contributed by atoms with Crippen molar-refractivity contribution in [1.29, 1.82) is 0 Å². The van der Waals surface area contributed by atoms with Crippen LogP contribution in [0.5, 0.6) is 0 Å². The van der Waals surface area contributed by atoms with Gasteiger partial charge in [-0.1, -0.05) is 32.1 Å². The SMILES string of the molecule is CCOC(=O)C(C)(C)N(c1ccoc1-c1nc(N=CN(C)C)sc1C(=O)C(C)(C)C)P(=O)=O. The molecule has 0 aliphatic heterocycles. The molecule has 0 saturated carbocycles. The summed E-state index contributed by atoms with van der Waals surface area (Å²) < 4.78 is 36.2. The summed E-state index contributed by atoms with van der Waals surface area (Å²) in [5.74, 6) is -0.884. The molecule has 0 spiro atoms. The van der Waals surface area contributed by atoms with Crippen LogP contribution in [-0.2, 0) is 18.7 Å². The number of rotatable bonds is 9. The molecule has 2 aromatic rings. The minimum absolute atomic E-state index is 0.0433. The number of nitrogens with zero attached hydrogens (tertiary/aromatic N) is 4. The lowest BCUT2D eigenvalue weighted by Gasteiger charge is -2.31. The molecule has 0 aliphatic carbocycles. The van der Waals surface area contributed by atoms with Gasteiger partial charge in [0.25, 0.3) is 0 Å². The number of aromatic nitrogens is 1. The highest BCUT2D eigenvalue weighted by molar-refractivity contribution is 7.33. The van der Waals surface area contributed by atoms with Gasteiger partial charge in [0.2, 0.25) is 5.13 Å². The molecule has 33 heavy (non-hydrogen) atoms. The van der Waals surface area contributed by atoms with Gasteiger partial charge < -0.3 is 14.1 Å². The standard InChI is InChI=1S/C21H29N4O6PS/c1-9-30-18(27)21(5,6)25(32(28)29)13-10-11-31-15(13)14-16(17(26)20(2,3)4)33-19(23-14)22-12-24(7)8/h10-12H,9H2,1-8H3. The molecular formula is C21H29N4O6PS. The van der Waals surface area contributed by atoms with Crippen molar-refractivity contribution in [3.63, 3.8) is 0 Å². The summed E-state index contributed by atoms with van der Waals surface area (Å²) in [7, 11) is 0.310. The van der Waals surface area contributed by atoms with Crippen molar-refractivity contribution < 1.29 is 27.9 Å². The predicted octanol–water partition coefficient (Wildman–Crippen LogP) is 5.09. The molecule has 0 N–H and O–H groups in total. The molecule has 12 heteroatoms. The van der Waals surface area contributed by atoms with Gasteiger partial charge in [-0.2, -0.15) is 0 Å². The number of thiazole rings is 1. The van der Waals surface area contributed by atoms with Crippen molar-refractivity contribution in [1.82, 2.24) is 9.88 Å². The average molecular weight is 497 g/mol. The van der Waals surface area contributed by atoms with Crippen LogP contribution < -0.4 is 4.67 Å². The molecule has 2 heterocycles. The second-order valence-electron chi connectivity index (χ2n) is 8.93. The minimum atomic E-state index is -3.28. The largest absolute Gasteiger partial charge is 0.464 e. The summed E-state index contributed by atoms with van der Waals surface area (Å²) in [6, 6.07) is 1.41. The highest BCUT2D eigenvalue weighted by Crippen LogP contribution is 2.45. The number of esters is 1. The van der Waals surface area contributed by atoms with E-state index in [4.69, 9.17) is 9.15 Å². The van der Waals surface area contributed by atoms with Crippen molar-refractivity contribution in [3.05, 3.63) is 17.2 Å². The molecule has 0 saturated heterocycles. The van der Waals surface area contributed by atoms with Crippen LogP contribution in [0.3, 0.4) is 0 Å². The van der Waals surface area contributed by atoms with Crippen LogP contribution in [0.15, 0.2) is 21.7 Å². The summed E-state index contributed by atoms with van der Waals surface area (Å²) in [5, 5.41) is 0.302. The van der Waals surface area contributed by atoms with Gasteiger partial charge in [0.1, 0.15) is 16.1 Å². The number of ether oxygens (including phenoxy) is 1. The Labute approximate surface area is 197 Å². The molecule has 0 fully saturated rings. The Morgan fingerprint density at radius 1 is 1.24 bits per heavy atom. The Kier molecular flexibility index (Phi) is 8.03. The Balaban J connectivity index is 2.73. The number of carbonyl (C=O) groups is 2. The van der Waals surface area contributed by atoms with E-state index < -0.39 is 24.8 Å². The Bertz CT molecular complexity index is 1120. The average Bonchev–Trinajstić information content (AvgIpc) is 3.31. The highest BCUT2D eigenvalue weighted by Gasteiger charge is 2.42. The third kappa shape index (κ3) is 5.78. The summed E-state index contributed by atoms with van der Waals surface area (Å²) in [6.07, 6.45) is 2.83. The maximum atomic E-state index is 13.2. The van der Waals surface area contributed by atoms with Crippen LogP contribution in [0.2, 0.25) is 0 Å². The lowest BCUT2D eigenvalue weighted by molar-refractivity contribution is -0.147. The molecule has 0 bridgehead atoms. The van der Waals surface area contributed by atoms with Gasteiger partial charge in [-0.25, -0.2) is 28.6 Å². The minimum Gasteiger partial charge on any atom is -0.464 e. The number of hydrogen-bond acceptors (Lipinski definition) is 9. The molecule has 0 radical (unpaired) electrons. The molecule has 0 atom stereocenters. The van der Waals surface area contributed by atoms with Gasteiger partial charge >= 0.3 is 13.8 Å². The first-order chi connectivity index (χ1) is 15.2. The van der Waals surface area contributed by atoms with E-state index >= 15 is 0 Å². The van der Waals surface area contributed by atoms with Crippen molar-refractivity contribution in [2.45, 2.75) is 47.1 Å². The monoisotopic (exact) mass is 496 g/mol. The fourth-order valence-corrected chi connectivity index (χ4v) is 4.69. The number of carbonyl (C=O) groups excluding carboxylic acids is 2. The summed E-state index contributed by atoms with van der Waals surface area (Å²) in [4.78, 5) is 36.5. The molecule has 0 amide bonds. The summed E-state index contributed by atoms with van der Waals surface area (Å²) in [5.41, 5.74) is -2.07. The fourth-order valence-electron chi connectivity index (χ4n) is 2.81. The van der Waals surface area contributed by atoms with Crippen LogP contribution in [0.25, 0.3) is 11.5 Å². The van der Waals surface area contributed by atoms with Crippen LogP contribution in [0, 0.1) is 5.41 Å². The van der Waals surface area contributed by atoms with E-state index in [9.17, 15) is 18.7 Å². The molecule has 0 aliphatic rings. The smallest absolute Gasteiger partial charge is 0.428 e. The summed E-state index contributed by atoms with van der Waals surface area (Å²) >= 11 is 1.08. The third-order valence-corrected chi connectivity index (χ3v) is 6.46. The first kappa shape index (κ1) is 26.5. The number of hydrogen-bond donors (Lipinski definition) is 0. The van der Waals surface area contributed by atoms with Gasteiger partial charge in [-0.3, -0.25) is 4.79 Å². The Morgan fingerprint density at radius 3 is 2.39 bits per heavy atom.